The molecule has 57 heavy (non-hydrogen) atoms. The van der Waals surface area contributed by atoms with Crippen LogP contribution in [0.15, 0.2) is 72.9 Å². The zero-order valence-electron chi connectivity index (χ0n) is 28.8. The second kappa shape index (κ2) is 14.2. The van der Waals surface area contributed by atoms with Crippen molar-refractivity contribution in [3.63, 3.8) is 0 Å². The van der Waals surface area contributed by atoms with E-state index in [4.69, 9.17) is 5.73 Å². The monoisotopic (exact) mass is 800 g/mol. The molecule has 3 aromatic carbocycles. The van der Waals surface area contributed by atoms with Crippen LogP contribution in [0.4, 0.5) is 45.2 Å². The number of aromatic nitrogens is 3. The van der Waals surface area contributed by atoms with Gasteiger partial charge in [-0.1, -0.05) is 18.2 Å². The first kappa shape index (κ1) is 38.7. The number of amides is 4. The summed E-state index contributed by atoms with van der Waals surface area (Å²) in [7, 11) is 0. The second-order valence-corrected chi connectivity index (χ2v) is 13.3. The molecule has 0 bridgehead atoms. The van der Waals surface area contributed by atoms with Gasteiger partial charge in [0, 0.05) is 24.5 Å². The molecule has 0 fully saturated rings. The Kier molecular flexibility index (Phi) is 9.65. The smallest absolute Gasteiger partial charge is 0.290 e. The zero-order valence-corrected chi connectivity index (χ0v) is 28.8. The minimum absolute atomic E-state index is 0.0386. The number of primary amides is 1. The van der Waals surface area contributed by atoms with Gasteiger partial charge in [0.15, 0.2) is 0 Å². The van der Waals surface area contributed by atoms with E-state index in [1.165, 1.54) is 30.3 Å². The molecule has 1 atom stereocenters. The summed E-state index contributed by atoms with van der Waals surface area (Å²) in [5.41, 5.74) is -0.849. The molecular formula is C38H25F9N6O4. The number of nitrogens with zero attached hydrogens (tertiary/aromatic N) is 4. The van der Waals surface area contributed by atoms with Crippen molar-refractivity contribution in [2.24, 2.45) is 5.73 Å². The van der Waals surface area contributed by atoms with Crippen molar-refractivity contribution in [1.82, 2.24) is 20.1 Å². The van der Waals surface area contributed by atoms with E-state index in [1.54, 1.807) is 0 Å². The van der Waals surface area contributed by atoms with Gasteiger partial charge in [0.05, 0.1) is 45.9 Å². The van der Waals surface area contributed by atoms with Gasteiger partial charge in [-0.05, 0) is 60.0 Å². The lowest BCUT2D eigenvalue weighted by atomic mass is 9.89. The number of pyridine rings is 1. The maximum absolute atomic E-state index is 15.1. The van der Waals surface area contributed by atoms with Gasteiger partial charge in [-0.25, -0.2) is 35.6 Å². The predicted octanol–water partition coefficient (Wildman–Crippen LogP) is 7.28. The Morgan fingerprint density at radius 3 is 2.07 bits per heavy atom. The molecule has 2 aromatic heterocycles. The van der Waals surface area contributed by atoms with Crippen LogP contribution in [0.3, 0.4) is 0 Å². The number of imide groups is 1. The molecule has 4 amide bonds. The Balaban J connectivity index is 1.36. The Labute approximate surface area is 315 Å². The molecule has 7 rings (SSSR count). The third kappa shape index (κ3) is 7.08. The standard InChI is InChI=1S/C38H25F9N6O4/c39-19-9-17(10-20(40)13-19)11-27(50-28(54)16-52-32-29(31(51-52)33(42)43)37(44,45)7-8-38(32,46)47)30-24(18-5-6-26(41)25(12-18)34(48)55)14-21(15-49-30)53-35(56)22-3-1-2-4-23(22)36(53)57/h1-6,9-10,12-15,27,33H,7-8,11,16H2,(H2,48,55)(H,50,54)/t27-/m0/s1. The molecule has 19 heteroatoms. The van der Waals surface area contributed by atoms with Crippen LogP contribution in [-0.4, -0.2) is 38.4 Å². The maximum atomic E-state index is 15.1. The Bertz CT molecular complexity index is 2450. The minimum atomic E-state index is -4.14. The van der Waals surface area contributed by atoms with Gasteiger partial charge >= 0.3 is 0 Å². The van der Waals surface area contributed by atoms with Crippen molar-refractivity contribution in [1.29, 1.82) is 0 Å². The number of nitrogens with two attached hydrogens (primary N) is 1. The summed E-state index contributed by atoms with van der Waals surface area (Å²) in [6, 6.07) is 10.7. The average Bonchev–Trinajstić information content (AvgIpc) is 3.66. The van der Waals surface area contributed by atoms with Crippen LogP contribution in [0.25, 0.3) is 11.1 Å². The van der Waals surface area contributed by atoms with Crippen LogP contribution in [0.1, 0.15) is 84.6 Å². The summed E-state index contributed by atoms with van der Waals surface area (Å²) >= 11 is 0. The predicted molar refractivity (Wildman–Crippen MR) is 181 cm³/mol. The number of fused-ring (bicyclic) bond motifs is 2. The quantitative estimate of drug-likeness (QED) is 0.113. The molecule has 0 saturated carbocycles. The van der Waals surface area contributed by atoms with E-state index >= 15 is 8.78 Å². The first-order valence-electron chi connectivity index (χ1n) is 16.8. The molecule has 2 aliphatic rings. The molecule has 0 saturated heterocycles. The summed E-state index contributed by atoms with van der Waals surface area (Å²) in [4.78, 5) is 57.8. The highest BCUT2D eigenvalue weighted by Gasteiger charge is 2.55. The van der Waals surface area contributed by atoms with Crippen LogP contribution < -0.4 is 16.0 Å². The molecule has 1 aliphatic heterocycles. The lowest BCUT2D eigenvalue weighted by molar-refractivity contribution is -0.123. The fourth-order valence-electron chi connectivity index (χ4n) is 6.99. The van der Waals surface area contributed by atoms with Crippen LogP contribution in [0.5, 0.6) is 0 Å². The van der Waals surface area contributed by atoms with Crippen molar-refractivity contribution in [2.45, 2.75) is 50.1 Å². The molecule has 0 radical (unpaired) electrons. The molecule has 0 spiro atoms. The van der Waals surface area contributed by atoms with Crippen LogP contribution in [0.2, 0.25) is 0 Å². The summed E-state index contributed by atoms with van der Waals surface area (Å²) < 4.78 is 131. The fourth-order valence-corrected chi connectivity index (χ4v) is 6.99. The second-order valence-electron chi connectivity index (χ2n) is 13.3. The van der Waals surface area contributed by atoms with E-state index in [-0.39, 0.29) is 43.9 Å². The fraction of sp³-hybridized carbons (Fsp3) is 0.211. The highest BCUT2D eigenvalue weighted by Crippen LogP contribution is 2.52. The maximum Gasteiger partial charge on any atom is 0.290 e. The van der Waals surface area contributed by atoms with E-state index in [0.29, 0.717) is 6.07 Å². The van der Waals surface area contributed by atoms with Crippen molar-refractivity contribution in [3.8, 4) is 11.1 Å². The van der Waals surface area contributed by atoms with Gasteiger partial charge in [-0.15, -0.1) is 0 Å². The number of carbonyl (C=O) groups is 4. The summed E-state index contributed by atoms with van der Waals surface area (Å²) in [6.45, 7) is -1.33. The molecule has 1 aliphatic carbocycles. The third-order valence-corrected chi connectivity index (χ3v) is 9.47. The third-order valence-electron chi connectivity index (χ3n) is 9.47. The normalized spacial score (nSPS) is 16.1. The van der Waals surface area contributed by atoms with E-state index in [0.717, 1.165) is 41.4 Å². The van der Waals surface area contributed by atoms with Crippen LogP contribution >= 0.6 is 0 Å². The molecule has 3 heterocycles. The molecular weight excluding hydrogens is 775 g/mol. The number of rotatable bonds is 10. The number of hydrogen-bond donors (Lipinski definition) is 2. The average molecular weight is 801 g/mol. The number of anilines is 1. The van der Waals surface area contributed by atoms with Crippen molar-refractivity contribution in [3.05, 3.63) is 135 Å². The lowest BCUT2D eigenvalue weighted by Crippen LogP contribution is -2.37. The first-order valence-corrected chi connectivity index (χ1v) is 16.8. The van der Waals surface area contributed by atoms with E-state index < -0.39 is 114 Å². The van der Waals surface area contributed by atoms with Crippen molar-refractivity contribution in [2.75, 3.05) is 4.90 Å². The molecule has 0 unspecified atom stereocenters. The number of benzene rings is 3. The minimum Gasteiger partial charge on any atom is -0.366 e. The van der Waals surface area contributed by atoms with Crippen molar-refractivity contribution >= 4 is 29.3 Å². The summed E-state index contributed by atoms with van der Waals surface area (Å²) in [5.74, 6) is -15.5. The number of hydrogen-bond acceptors (Lipinski definition) is 6. The number of halogens is 9. The first-order chi connectivity index (χ1) is 26.9. The number of carbonyl (C=O) groups excluding carboxylic acids is 4. The molecule has 294 valence electrons. The Morgan fingerprint density at radius 2 is 1.46 bits per heavy atom. The highest BCUT2D eigenvalue weighted by atomic mass is 19.3. The van der Waals surface area contributed by atoms with Gasteiger partial charge in [0.1, 0.15) is 35.4 Å². The van der Waals surface area contributed by atoms with Gasteiger partial charge in [0.2, 0.25) is 5.91 Å². The lowest BCUT2D eigenvalue weighted by Gasteiger charge is -2.29. The van der Waals surface area contributed by atoms with Crippen LogP contribution in [-0.2, 0) is 29.6 Å². The topological polar surface area (TPSA) is 140 Å². The van der Waals surface area contributed by atoms with E-state index in [9.17, 15) is 49.9 Å². The van der Waals surface area contributed by atoms with Crippen molar-refractivity contribution < 1.29 is 58.7 Å². The molecule has 3 N–H and O–H groups in total. The Hall–Kier alpha value is -6.53. The largest absolute Gasteiger partial charge is 0.366 e. The summed E-state index contributed by atoms with van der Waals surface area (Å²) in [5, 5.41) is 5.68. The Morgan fingerprint density at radius 1 is 0.825 bits per heavy atom. The number of alkyl halides is 6. The zero-order chi connectivity index (χ0) is 41.1. The van der Waals surface area contributed by atoms with Gasteiger partial charge in [-0.2, -0.15) is 13.9 Å². The molecule has 5 aromatic rings. The summed E-state index contributed by atoms with van der Waals surface area (Å²) in [6.07, 6.45) is -6.18. The molecule has 10 nitrogen and oxygen atoms in total. The highest BCUT2D eigenvalue weighted by molar-refractivity contribution is 6.34. The number of nitrogens with one attached hydrogen (secondary N) is 1. The van der Waals surface area contributed by atoms with E-state index in [2.05, 4.69) is 15.4 Å². The van der Waals surface area contributed by atoms with Gasteiger partial charge in [-0.3, -0.25) is 28.8 Å². The SMILES string of the molecule is NC(=O)c1cc(-c2cc(N3C(=O)c4ccccc4C3=O)cnc2[C@H](Cc2cc(F)cc(F)c2)NC(=O)Cn2nc(C(F)F)c3c2C(F)(F)CCC3(F)F)ccc1F. The van der Waals surface area contributed by atoms with E-state index in [1.807, 2.05) is 0 Å². The van der Waals surface area contributed by atoms with Gasteiger partial charge < -0.3 is 11.1 Å². The van der Waals surface area contributed by atoms with Gasteiger partial charge in [0.25, 0.3) is 36.0 Å². The van der Waals surface area contributed by atoms with Crippen LogP contribution in [0, 0.1) is 17.5 Å².